The van der Waals surface area contributed by atoms with Gasteiger partial charge in [-0.1, -0.05) is 41.9 Å². The van der Waals surface area contributed by atoms with Crippen molar-refractivity contribution >= 4 is 21.8 Å². The summed E-state index contributed by atoms with van der Waals surface area (Å²) < 4.78 is 6.35. The third kappa shape index (κ3) is 3.57. The molecule has 4 heteroatoms. The average molecular weight is 326 g/mol. The highest BCUT2D eigenvalue weighted by atomic mass is 79.9. The van der Waals surface area contributed by atoms with E-state index >= 15 is 0 Å². The first-order chi connectivity index (χ1) is 9.09. The van der Waals surface area contributed by atoms with Gasteiger partial charge < -0.3 is 9.64 Å². The molecule has 0 bridgehead atoms. The van der Waals surface area contributed by atoms with Crippen molar-refractivity contribution < 1.29 is 9.53 Å². The van der Waals surface area contributed by atoms with Crippen molar-refractivity contribution in [3.05, 3.63) is 34.3 Å². The van der Waals surface area contributed by atoms with Crippen molar-refractivity contribution in [1.82, 2.24) is 4.90 Å². The number of hydrogen-bond donors (Lipinski definition) is 0. The minimum atomic E-state index is -0.0637. The van der Waals surface area contributed by atoms with E-state index in [-0.39, 0.29) is 17.7 Å². The highest BCUT2D eigenvalue weighted by Crippen LogP contribution is 2.28. The number of benzene rings is 1. The fourth-order valence-electron chi connectivity index (χ4n) is 2.46. The minimum Gasteiger partial charge on any atom is -0.378 e. The zero-order chi connectivity index (χ0) is 13.8. The number of nitrogens with zero attached hydrogens (tertiary/aromatic N) is 1. The number of halogens is 1. The number of morpholine rings is 1. The van der Waals surface area contributed by atoms with Crippen molar-refractivity contribution in [3.8, 4) is 0 Å². The lowest BCUT2D eigenvalue weighted by Gasteiger charge is -2.32. The number of rotatable bonds is 3. The second kappa shape index (κ2) is 6.53. The third-order valence-corrected chi connectivity index (χ3v) is 4.01. The number of carbonyl (C=O) groups is 1. The van der Waals surface area contributed by atoms with Crippen LogP contribution in [0.25, 0.3) is 0 Å². The molecular weight excluding hydrogens is 306 g/mol. The molecule has 1 unspecified atom stereocenters. The monoisotopic (exact) mass is 325 g/mol. The first-order valence-corrected chi connectivity index (χ1v) is 7.51. The zero-order valence-corrected chi connectivity index (χ0v) is 13.0. The molecule has 0 saturated carbocycles. The van der Waals surface area contributed by atoms with Gasteiger partial charge in [-0.3, -0.25) is 4.79 Å². The van der Waals surface area contributed by atoms with Crippen LogP contribution >= 0.6 is 15.9 Å². The molecule has 1 aromatic carbocycles. The second-order valence-corrected chi connectivity index (χ2v) is 6.13. The van der Waals surface area contributed by atoms with Gasteiger partial charge in [0.05, 0.1) is 19.1 Å². The van der Waals surface area contributed by atoms with Crippen molar-refractivity contribution in [2.45, 2.75) is 19.8 Å². The van der Waals surface area contributed by atoms with Crippen LogP contribution in [0.3, 0.4) is 0 Å². The van der Waals surface area contributed by atoms with Gasteiger partial charge in [-0.15, -0.1) is 0 Å². The molecule has 1 aromatic rings. The van der Waals surface area contributed by atoms with E-state index in [9.17, 15) is 4.79 Å². The first-order valence-electron chi connectivity index (χ1n) is 6.71. The molecule has 0 radical (unpaired) electrons. The SMILES string of the molecule is CC(C)C(C(=O)N1CCOCC1)c1ccc(Br)cc1. The largest absolute Gasteiger partial charge is 0.378 e. The molecule has 2 rings (SSSR count). The summed E-state index contributed by atoms with van der Waals surface area (Å²) in [5.74, 6) is 0.448. The molecular formula is C15H20BrNO2. The van der Waals surface area contributed by atoms with Gasteiger partial charge in [0.1, 0.15) is 0 Å². The van der Waals surface area contributed by atoms with Crippen molar-refractivity contribution in [2.24, 2.45) is 5.92 Å². The van der Waals surface area contributed by atoms with E-state index in [2.05, 4.69) is 29.8 Å². The molecule has 0 spiro atoms. The van der Waals surface area contributed by atoms with Crippen LogP contribution < -0.4 is 0 Å². The number of carbonyl (C=O) groups excluding carboxylic acids is 1. The lowest BCUT2D eigenvalue weighted by atomic mass is 9.87. The van der Waals surface area contributed by atoms with Crippen molar-refractivity contribution in [2.75, 3.05) is 26.3 Å². The average Bonchev–Trinajstić information content (AvgIpc) is 2.42. The Bertz CT molecular complexity index is 424. The molecule has 3 nitrogen and oxygen atoms in total. The lowest BCUT2D eigenvalue weighted by Crippen LogP contribution is -2.44. The van der Waals surface area contributed by atoms with Gasteiger partial charge in [0.15, 0.2) is 0 Å². The maximum atomic E-state index is 12.7. The minimum absolute atomic E-state index is 0.0637. The standard InChI is InChI=1S/C15H20BrNO2/c1-11(2)14(12-3-5-13(16)6-4-12)15(18)17-7-9-19-10-8-17/h3-6,11,14H,7-10H2,1-2H3. The molecule has 1 heterocycles. The van der Waals surface area contributed by atoms with Crippen LogP contribution in [-0.4, -0.2) is 37.1 Å². The molecule has 1 amide bonds. The number of amides is 1. The fourth-order valence-corrected chi connectivity index (χ4v) is 2.73. The summed E-state index contributed by atoms with van der Waals surface area (Å²) >= 11 is 3.43. The summed E-state index contributed by atoms with van der Waals surface area (Å²) in [6.07, 6.45) is 0. The van der Waals surface area contributed by atoms with E-state index in [0.29, 0.717) is 26.3 Å². The normalized spacial score (nSPS) is 17.6. The zero-order valence-electron chi connectivity index (χ0n) is 11.4. The molecule has 0 N–H and O–H groups in total. The summed E-state index contributed by atoms with van der Waals surface area (Å²) in [7, 11) is 0. The Balaban J connectivity index is 2.19. The van der Waals surface area contributed by atoms with Crippen LogP contribution in [0, 0.1) is 5.92 Å². The molecule has 1 aliphatic heterocycles. The molecule has 0 aliphatic carbocycles. The number of hydrogen-bond acceptors (Lipinski definition) is 2. The van der Waals surface area contributed by atoms with Crippen LogP contribution in [0.1, 0.15) is 25.3 Å². The van der Waals surface area contributed by atoms with Crippen LogP contribution in [-0.2, 0) is 9.53 Å². The Hall–Kier alpha value is -0.870. The van der Waals surface area contributed by atoms with Crippen LogP contribution in [0.15, 0.2) is 28.7 Å². The molecule has 0 aromatic heterocycles. The molecule has 1 saturated heterocycles. The second-order valence-electron chi connectivity index (χ2n) is 5.21. The van der Waals surface area contributed by atoms with Gasteiger partial charge in [-0.2, -0.15) is 0 Å². The van der Waals surface area contributed by atoms with Gasteiger partial charge in [0.2, 0.25) is 5.91 Å². The quantitative estimate of drug-likeness (QED) is 0.854. The molecule has 19 heavy (non-hydrogen) atoms. The lowest BCUT2D eigenvalue weighted by molar-refractivity contribution is -0.137. The van der Waals surface area contributed by atoms with Crippen LogP contribution in [0.2, 0.25) is 0 Å². The molecule has 1 aliphatic rings. The van der Waals surface area contributed by atoms with Crippen LogP contribution in [0.4, 0.5) is 0 Å². The van der Waals surface area contributed by atoms with E-state index in [1.54, 1.807) is 0 Å². The van der Waals surface area contributed by atoms with Crippen molar-refractivity contribution in [3.63, 3.8) is 0 Å². The predicted octanol–water partition coefficient (Wildman–Crippen LogP) is 3.05. The summed E-state index contributed by atoms with van der Waals surface area (Å²) in [6, 6.07) is 8.06. The summed E-state index contributed by atoms with van der Waals surface area (Å²) in [5, 5.41) is 0. The topological polar surface area (TPSA) is 29.5 Å². The summed E-state index contributed by atoms with van der Waals surface area (Å²) in [4.78, 5) is 14.6. The van der Waals surface area contributed by atoms with E-state index in [0.717, 1.165) is 10.0 Å². The highest BCUT2D eigenvalue weighted by molar-refractivity contribution is 9.10. The van der Waals surface area contributed by atoms with Gasteiger partial charge in [-0.05, 0) is 23.6 Å². The van der Waals surface area contributed by atoms with Crippen LogP contribution in [0.5, 0.6) is 0 Å². The maximum Gasteiger partial charge on any atom is 0.230 e. The Labute approximate surface area is 123 Å². The predicted molar refractivity (Wildman–Crippen MR) is 79.1 cm³/mol. The Morgan fingerprint density at radius 3 is 2.32 bits per heavy atom. The van der Waals surface area contributed by atoms with E-state index in [4.69, 9.17) is 4.74 Å². The fraction of sp³-hybridized carbons (Fsp3) is 0.533. The van der Waals surface area contributed by atoms with Crippen molar-refractivity contribution in [1.29, 1.82) is 0 Å². The number of ether oxygens (including phenoxy) is 1. The maximum absolute atomic E-state index is 12.7. The summed E-state index contributed by atoms with van der Waals surface area (Å²) in [5.41, 5.74) is 1.09. The van der Waals surface area contributed by atoms with E-state index in [1.807, 2.05) is 29.2 Å². The highest BCUT2D eigenvalue weighted by Gasteiger charge is 2.29. The molecule has 104 valence electrons. The first kappa shape index (κ1) is 14.5. The molecule has 1 atom stereocenters. The van der Waals surface area contributed by atoms with Gasteiger partial charge >= 0.3 is 0 Å². The van der Waals surface area contributed by atoms with E-state index in [1.165, 1.54) is 0 Å². The Morgan fingerprint density at radius 2 is 1.79 bits per heavy atom. The summed E-state index contributed by atoms with van der Waals surface area (Å²) in [6.45, 7) is 6.92. The molecule has 1 fully saturated rings. The Morgan fingerprint density at radius 1 is 1.21 bits per heavy atom. The third-order valence-electron chi connectivity index (χ3n) is 3.48. The van der Waals surface area contributed by atoms with Gasteiger partial charge in [0.25, 0.3) is 0 Å². The Kier molecular flexibility index (Phi) is 4.99. The smallest absolute Gasteiger partial charge is 0.230 e. The van der Waals surface area contributed by atoms with Gasteiger partial charge in [-0.25, -0.2) is 0 Å². The van der Waals surface area contributed by atoms with E-state index < -0.39 is 0 Å². The van der Waals surface area contributed by atoms with Gasteiger partial charge in [0, 0.05) is 17.6 Å².